The highest BCUT2D eigenvalue weighted by Gasteiger charge is 2.12. The molecule has 0 amide bonds. The van der Waals surface area contributed by atoms with E-state index in [1.807, 2.05) is 12.2 Å². The molecule has 0 aromatic heterocycles. The Morgan fingerprint density at radius 1 is 0.246 bits per heavy atom. The van der Waals surface area contributed by atoms with Crippen LogP contribution in [-0.4, -0.2) is 0 Å². The van der Waals surface area contributed by atoms with Gasteiger partial charge in [-0.3, -0.25) is 0 Å². The topological polar surface area (TPSA) is 0 Å². The first kappa shape index (κ1) is 38.4. The van der Waals surface area contributed by atoms with E-state index in [1.54, 1.807) is 0 Å². The first-order valence-corrected chi connectivity index (χ1v) is 22.4. The molecule has 0 saturated carbocycles. The van der Waals surface area contributed by atoms with Gasteiger partial charge >= 0.3 is 0 Å². The fourth-order valence-electron chi connectivity index (χ4n) is 10.2. The predicted molar refractivity (Wildman–Crippen MR) is 286 cm³/mol. The number of hydrogen-bond donors (Lipinski definition) is 0. The summed E-state index contributed by atoms with van der Waals surface area (Å²) in [6.45, 7) is 10.1. The van der Waals surface area contributed by atoms with Gasteiger partial charge in [0.05, 0.1) is 0 Å². The van der Waals surface area contributed by atoms with Gasteiger partial charge in [0, 0.05) is 0 Å². The van der Waals surface area contributed by atoms with E-state index >= 15 is 0 Å². The lowest BCUT2D eigenvalue weighted by Gasteiger charge is -2.13. The van der Waals surface area contributed by atoms with Crippen LogP contribution in [0.2, 0.25) is 0 Å². The van der Waals surface area contributed by atoms with Crippen LogP contribution in [0.3, 0.4) is 0 Å². The minimum atomic E-state index is 1.10. The minimum absolute atomic E-state index is 1.10. The van der Waals surface area contributed by atoms with Crippen LogP contribution >= 0.6 is 0 Å². The molecule has 0 fully saturated rings. The molecular formula is C65H44. The molecule has 0 atom stereocenters. The Morgan fingerprint density at radius 2 is 0.554 bits per heavy atom. The molecule has 304 valence electrons. The molecule has 13 rings (SSSR count). The maximum atomic E-state index is 4.01. The highest BCUT2D eigenvalue weighted by Crippen LogP contribution is 2.39. The van der Waals surface area contributed by atoms with E-state index in [1.165, 1.54) is 125 Å². The highest BCUT2D eigenvalue weighted by atomic mass is 14.2. The number of aryl methyl sites for hydroxylation is 1. The van der Waals surface area contributed by atoms with Crippen molar-refractivity contribution in [1.29, 1.82) is 0 Å². The van der Waals surface area contributed by atoms with Crippen molar-refractivity contribution in [2.75, 3.05) is 0 Å². The number of benzene rings is 13. The molecule has 0 spiro atoms. The molecule has 0 radical (unpaired) electrons. The summed E-state index contributed by atoms with van der Waals surface area (Å²) < 4.78 is 0. The third-order valence-corrected chi connectivity index (χ3v) is 13.6. The van der Waals surface area contributed by atoms with E-state index in [4.69, 9.17) is 0 Å². The molecule has 0 aliphatic rings. The van der Waals surface area contributed by atoms with Gasteiger partial charge in [-0.15, -0.1) is 0 Å². The second kappa shape index (κ2) is 15.5. The molecule has 65 heavy (non-hydrogen) atoms. The molecule has 0 saturated heterocycles. The van der Waals surface area contributed by atoms with E-state index < -0.39 is 0 Å². The standard InChI is InChI=1S/C54H34.C11H10/c1-3-33-25-41-11-9-37(31-45(41)26-34(33)4-2)39-13-17-47-43(28-39)15-19-51-49(47)21-23-54-52-20-16-44-29-40(14-18-48(44)50(52)22-24-53(51)54)38-10-12-42-27-35-7-5-6-8-36(35)30-46(42)32-38;1-9-6-7-10-4-2-3-5-11(10)8-9/h3-32H,1-2H2;2-8H,1H3. The van der Waals surface area contributed by atoms with Crippen molar-refractivity contribution in [1.82, 2.24) is 0 Å². The fraction of sp³-hybridized carbons (Fsp3) is 0.0154. The Morgan fingerprint density at radius 3 is 1.06 bits per heavy atom. The van der Waals surface area contributed by atoms with Gasteiger partial charge in [-0.05, 0) is 186 Å². The Balaban J connectivity index is 0.000000353. The Labute approximate surface area is 378 Å². The zero-order valence-corrected chi connectivity index (χ0v) is 36.3. The number of fused-ring (bicyclic) bond motifs is 13. The van der Waals surface area contributed by atoms with Gasteiger partial charge in [-0.1, -0.05) is 195 Å². The smallest absolute Gasteiger partial charge is 0.00987 e. The van der Waals surface area contributed by atoms with Gasteiger partial charge in [0.25, 0.3) is 0 Å². The summed E-state index contributed by atoms with van der Waals surface area (Å²) in [5, 5.41) is 22.9. The average molecular weight is 825 g/mol. The average Bonchev–Trinajstić information content (AvgIpc) is 3.36. The first-order chi connectivity index (χ1) is 32.0. The van der Waals surface area contributed by atoms with Crippen molar-refractivity contribution in [3.8, 4) is 22.3 Å². The maximum Gasteiger partial charge on any atom is -0.00987 e. The van der Waals surface area contributed by atoms with Crippen molar-refractivity contribution in [3.05, 3.63) is 242 Å². The van der Waals surface area contributed by atoms with Crippen molar-refractivity contribution in [2.45, 2.75) is 6.92 Å². The zero-order valence-electron chi connectivity index (χ0n) is 36.3. The molecule has 0 heteroatoms. The van der Waals surface area contributed by atoms with Crippen LogP contribution in [0.5, 0.6) is 0 Å². The minimum Gasteiger partial charge on any atom is -0.0984 e. The fourth-order valence-corrected chi connectivity index (χ4v) is 10.2. The van der Waals surface area contributed by atoms with E-state index in [0.717, 1.165) is 11.1 Å². The summed E-state index contributed by atoms with van der Waals surface area (Å²) in [5.74, 6) is 0. The lowest BCUT2D eigenvalue weighted by Crippen LogP contribution is -1.86. The van der Waals surface area contributed by atoms with Gasteiger partial charge in [0.15, 0.2) is 0 Å². The second-order valence-electron chi connectivity index (χ2n) is 17.5. The van der Waals surface area contributed by atoms with Crippen LogP contribution in [0.4, 0.5) is 0 Å². The van der Waals surface area contributed by atoms with Gasteiger partial charge in [-0.25, -0.2) is 0 Å². The quantitative estimate of drug-likeness (QED) is 0.122. The third kappa shape index (κ3) is 6.71. The first-order valence-electron chi connectivity index (χ1n) is 22.4. The lowest BCUT2D eigenvalue weighted by molar-refractivity contribution is 1.51. The van der Waals surface area contributed by atoms with Gasteiger partial charge in [0.2, 0.25) is 0 Å². The summed E-state index contributed by atoms with van der Waals surface area (Å²) in [6, 6.07) is 78.4. The number of rotatable bonds is 4. The molecule has 13 aromatic rings. The van der Waals surface area contributed by atoms with Crippen LogP contribution in [0.25, 0.3) is 131 Å². The summed E-state index contributed by atoms with van der Waals surface area (Å²) in [4.78, 5) is 0. The van der Waals surface area contributed by atoms with Crippen LogP contribution in [0.15, 0.2) is 225 Å². The van der Waals surface area contributed by atoms with Gasteiger partial charge in [0.1, 0.15) is 0 Å². The molecule has 0 bridgehead atoms. The molecular weight excluding hydrogens is 781 g/mol. The van der Waals surface area contributed by atoms with Gasteiger partial charge < -0.3 is 0 Å². The van der Waals surface area contributed by atoms with E-state index in [9.17, 15) is 0 Å². The van der Waals surface area contributed by atoms with E-state index in [2.05, 4.69) is 232 Å². The Bertz CT molecular complexity index is 4110. The van der Waals surface area contributed by atoms with Crippen molar-refractivity contribution in [3.63, 3.8) is 0 Å². The lowest BCUT2D eigenvalue weighted by atomic mass is 9.91. The van der Waals surface area contributed by atoms with Gasteiger partial charge in [-0.2, -0.15) is 0 Å². The Hall–Kier alpha value is -8.32. The van der Waals surface area contributed by atoms with Crippen molar-refractivity contribution < 1.29 is 0 Å². The maximum absolute atomic E-state index is 4.01. The van der Waals surface area contributed by atoms with E-state index in [0.29, 0.717) is 0 Å². The third-order valence-electron chi connectivity index (χ3n) is 13.6. The summed E-state index contributed by atoms with van der Waals surface area (Å²) in [7, 11) is 0. The van der Waals surface area contributed by atoms with Crippen LogP contribution in [0, 0.1) is 6.92 Å². The largest absolute Gasteiger partial charge is 0.0984 e. The molecule has 0 N–H and O–H groups in total. The molecule has 0 unspecified atom stereocenters. The summed E-state index contributed by atoms with van der Waals surface area (Å²) in [5.41, 5.74) is 8.44. The monoisotopic (exact) mass is 824 g/mol. The normalized spacial score (nSPS) is 11.6. The summed E-state index contributed by atoms with van der Waals surface area (Å²) >= 11 is 0. The summed E-state index contributed by atoms with van der Waals surface area (Å²) in [6.07, 6.45) is 3.80. The highest BCUT2D eigenvalue weighted by molar-refractivity contribution is 6.25. The molecule has 0 nitrogen and oxygen atoms in total. The predicted octanol–water partition coefficient (Wildman–Crippen LogP) is 18.7. The molecule has 0 aliphatic heterocycles. The second-order valence-corrected chi connectivity index (χ2v) is 17.5. The Kier molecular flexibility index (Phi) is 9.14. The van der Waals surface area contributed by atoms with E-state index in [-0.39, 0.29) is 0 Å². The van der Waals surface area contributed by atoms with Crippen LogP contribution in [-0.2, 0) is 0 Å². The van der Waals surface area contributed by atoms with Crippen molar-refractivity contribution >= 4 is 109 Å². The van der Waals surface area contributed by atoms with Crippen LogP contribution < -0.4 is 0 Å². The molecule has 13 aromatic carbocycles. The van der Waals surface area contributed by atoms with Crippen molar-refractivity contribution in [2.24, 2.45) is 0 Å². The molecule has 0 aliphatic carbocycles. The molecule has 0 heterocycles. The zero-order chi connectivity index (χ0) is 43.6. The van der Waals surface area contributed by atoms with Crippen LogP contribution in [0.1, 0.15) is 16.7 Å². The number of hydrogen-bond acceptors (Lipinski definition) is 0. The SMILES string of the molecule is C=Cc1cc2ccc(-c3ccc4c(ccc5c4ccc4c6ccc7cc(-c8ccc9cc%10ccccc%10cc9c8)ccc7c6ccc54)c3)cc2cc1C=C.Cc1ccc2ccccc2c1.